The molecule has 1 atom stereocenters. The van der Waals surface area contributed by atoms with Gasteiger partial charge in [0.2, 0.25) is 5.91 Å². The summed E-state index contributed by atoms with van der Waals surface area (Å²) in [4.78, 5) is 22.3. The van der Waals surface area contributed by atoms with E-state index in [1.807, 2.05) is 0 Å². The Hall–Kier alpha value is -1.39. The average molecular weight is 308 g/mol. The molecule has 20 heavy (non-hydrogen) atoms. The summed E-state index contributed by atoms with van der Waals surface area (Å²) in [6.45, 7) is 2.30. The summed E-state index contributed by atoms with van der Waals surface area (Å²) < 4.78 is 31.5. The first-order chi connectivity index (χ1) is 9.36. The highest BCUT2D eigenvalue weighted by molar-refractivity contribution is 7.87. The first-order valence-electron chi connectivity index (χ1n) is 6.32. The van der Waals surface area contributed by atoms with Gasteiger partial charge in [-0.05, 0) is 26.3 Å². The van der Waals surface area contributed by atoms with Crippen LogP contribution in [0.3, 0.4) is 0 Å². The van der Waals surface area contributed by atoms with E-state index in [1.165, 1.54) is 0 Å². The van der Waals surface area contributed by atoms with Crippen LogP contribution in [0.1, 0.15) is 19.8 Å². The van der Waals surface area contributed by atoms with Gasteiger partial charge in [-0.25, -0.2) is 9.52 Å². The van der Waals surface area contributed by atoms with Crippen LogP contribution in [0.5, 0.6) is 0 Å². The molecular weight excluding hydrogens is 288 g/mol. The Morgan fingerprint density at radius 2 is 2.20 bits per heavy atom. The zero-order chi connectivity index (χ0) is 15.2. The minimum atomic E-state index is -4.17. The highest BCUT2D eigenvalue weighted by atomic mass is 32.2. The summed E-state index contributed by atoms with van der Waals surface area (Å²) in [6.07, 6.45) is 0.282. The summed E-state index contributed by atoms with van der Waals surface area (Å²) in [5.41, 5.74) is 5.08. The Bertz CT molecular complexity index is 447. The number of piperidine rings is 1. The quantitative estimate of drug-likeness (QED) is 0.548. The highest BCUT2D eigenvalue weighted by Crippen LogP contribution is 2.13. The molecule has 1 heterocycles. The predicted molar refractivity (Wildman–Crippen MR) is 70.9 cm³/mol. The SMILES string of the molecule is CCOC(=O)NS(=O)(=O)N(CC(N)=O)C1CCCNC1. The fraction of sp³-hybridized carbons (Fsp3) is 0.800. The maximum absolute atomic E-state index is 12.1. The van der Waals surface area contributed by atoms with E-state index in [9.17, 15) is 18.0 Å². The van der Waals surface area contributed by atoms with Gasteiger partial charge < -0.3 is 15.8 Å². The van der Waals surface area contributed by atoms with E-state index in [2.05, 4.69) is 10.1 Å². The monoisotopic (exact) mass is 308 g/mol. The summed E-state index contributed by atoms with van der Waals surface area (Å²) in [5.74, 6) is -0.787. The molecule has 0 radical (unpaired) electrons. The number of primary amides is 1. The van der Waals surface area contributed by atoms with Crippen molar-refractivity contribution in [3.63, 3.8) is 0 Å². The largest absolute Gasteiger partial charge is 0.449 e. The molecule has 0 aromatic rings. The van der Waals surface area contributed by atoms with Crippen molar-refractivity contribution in [1.82, 2.24) is 14.3 Å². The summed E-state index contributed by atoms with van der Waals surface area (Å²) >= 11 is 0. The fourth-order valence-electron chi connectivity index (χ4n) is 1.97. The highest BCUT2D eigenvalue weighted by Gasteiger charge is 2.33. The van der Waals surface area contributed by atoms with Gasteiger partial charge in [0.25, 0.3) is 0 Å². The molecule has 0 aliphatic carbocycles. The first kappa shape index (κ1) is 16.7. The van der Waals surface area contributed by atoms with Crippen molar-refractivity contribution in [2.24, 2.45) is 5.73 Å². The molecule has 0 saturated carbocycles. The van der Waals surface area contributed by atoms with Crippen LogP contribution in [0.25, 0.3) is 0 Å². The predicted octanol–water partition coefficient (Wildman–Crippen LogP) is -1.48. The Labute approximate surface area is 118 Å². The third kappa shape index (κ3) is 4.94. The number of carbonyl (C=O) groups excluding carboxylic acids is 2. The van der Waals surface area contributed by atoms with Gasteiger partial charge in [0.15, 0.2) is 0 Å². The Kier molecular flexibility index (Phi) is 6.17. The van der Waals surface area contributed by atoms with Crippen molar-refractivity contribution in [2.45, 2.75) is 25.8 Å². The van der Waals surface area contributed by atoms with Crippen LogP contribution in [-0.4, -0.2) is 57.0 Å². The number of rotatable bonds is 6. The number of hydrogen-bond acceptors (Lipinski definition) is 6. The lowest BCUT2D eigenvalue weighted by atomic mass is 10.1. The molecule has 116 valence electrons. The minimum absolute atomic E-state index is 0.0438. The molecule has 2 amide bonds. The second-order valence-corrected chi connectivity index (χ2v) is 5.96. The third-order valence-corrected chi connectivity index (χ3v) is 4.26. The molecule has 0 bridgehead atoms. The summed E-state index contributed by atoms with van der Waals surface area (Å²) in [6, 6.07) is -0.428. The molecule has 9 nitrogen and oxygen atoms in total. The van der Waals surface area contributed by atoms with Crippen LogP contribution >= 0.6 is 0 Å². The molecule has 4 N–H and O–H groups in total. The molecular formula is C10H20N4O5S. The fourth-order valence-corrected chi connectivity index (χ4v) is 3.22. The van der Waals surface area contributed by atoms with Crippen molar-refractivity contribution in [3.05, 3.63) is 0 Å². The van der Waals surface area contributed by atoms with Crippen LogP contribution in [-0.2, 0) is 19.7 Å². The van der Waals surface area contributed by atoms with Crippen LogP contribution in [0.2, 0.25) is 0 Å². The maximum atomic E-state index is 12.1. The van der Waals surface area contributed by atoms with E-state index >= 15 is 0 Å². The molecule has 1 aliphatic heterocycles. The second-order valence-electron chi connectivity index (χ2n) is 4.34. The normalized spacial score (nSPS) is 19.6. The molecule has 0 spiro atoms. The second kappa shape index (κ2) is 7.41. The van der Waals surface area contributed by atoms with E-state index in [1.54, 1.807) is 11.6 Å². The number of carbonyl (C=O) groups is 2. The Balaban J connectivity index is 2.84. The number of hydrogen-bond donors (Lipinski definition) is 3. The van der Waals surface area contributed by atoms with Gasteiger partial charge in [0, 0.05) is 12.6 Å². The lowest BCUT2D eigenvalue weighted by Crippen LogP contribution is -2.55. The molecule has 10 heteroatoms. The van der Waals surface area contributed by atoms with Crippen LogP contribution < -0.4 is 15.8 Å². The molecule has 1 saturated heterocycles. The minimum Gasteiger partial charge on any atom is -0.449 e. The van der Waals surface area contributed by atoms with Gasteiger partial charge in [-0.3, -0.25) is 4.79 Å². The van der Waals surface area contributed by atoms with E-state index < -0.39 is 34.8 Å². The molecule has 1 rings (SSSR count). The number of nitrogens with zero attached hydrogens (tertiary/aromatic N) is 1. The average Bonchev–Trinajstić information content (AvgIpc) is 2.36. The molecule has 1 fully saturated rings. The van der Waals surface area contributed by atoms with Crippen molar-refractivity contribution >= 4 is 22.2 Å². The van der Waals surface area contributed by atoms with E-state index in [0.29, 0.717) is 13.0 Å². The summed E-state index contributed by atoms with van der Waals surface area (Å²) in [7, 11) is -4.17. The van der Waals surface area contributed by atoms with Crippen LogP contribution in [0.15, 0.2) is 0 Å². The van der Waals surface area contributed by atoms with E-state index in [0.717, 1.165) is 17.3 Å². The van der Waals surface area contributed by atoms with Gasteiger partial charge in [0.1, 0.15) is 0 Å². The van der Waals surface area contributed by atoms with Crippen molar-refractivity contribution in [3.8, 4) is 0 Å². The van der Waals surface area contributed by atoms with Gasteiger partial charge in [-0.1, -0.05) is 0 Å². The van der Waals surface area contributed by atoms with E-state index in [-0.39, 0.29) is 6.61 Å². The molecule has 1 unspecified atom stereocenters. The van der Waals surface area contributed by atoms with E-state index in [4.69, 9.17) is 5.73 Å². The van der Waals surface area contributed by atoms with Crippen LogP contribution in [0, 0.1) is 0 Å². The first-order valence-corrected chi connectivity index (χ1v) is 7.76. The Morgan fingerprint density at radius 1 is 1.50 bits per heavy atom. The smallest absolute Gasteiger partial charge is 0.421 e. The van der Waals surface area contributed by atoms with Gasteiger partial charge >= 0.3 is 16.3 Å². The van der Waals surface area contributed by atoms with Gasteiger partial charge in [0.05, 0.1) is 13.2 Å². The zero-order valence-electron chi connectivity index (χ0n) is 11.3. The molecule has 0 aromatic carbocycles. The lowest BCUT2D eigenvalue weighted by molar-refractivity contribution is -0.118. The number of nitrogens with two attached hydrogens (primary N) is 1. The van der Waals surface area contributed by atoms with Crippen molar-refractivity contribution < 1.29 is 22.7 Å². The van der Waals surface area contributed by atoms with Crippen molar-refractivity contribution in [1.29, 1.82) is 0 Å². The maximum Gasteiger partial charge on any atom is 0.421 e. The number of amides is 2. The molecule has 1 aliphatic rings. The molecule has 0 aromatic heterocycles. The van der Waals surface area contributed by atoms with Crippen molar-refractivity contribution in [2.75, 3.05) is 26.2 Å². The third-order valence-electron chi connectivity index (χ3n) is 2.79. The topological polar surface area (TPSA) is 131 Å². The standard InChI is InChI=1S/C10H20N4O5S/c1-2-19-10(16)13-20(17,18)14(7-9(11)15)8-4-3-5-12-6-8/h8,12H,2-7H2,1H3,(H2,11,15)(H,13,16). The number of nitrogens with one attached hydrogen (secondary N) is 2. The number of ether oxygens (including phenoxy) is 1. The van der Waals surface area contributed by atoms with Gasteiger partial charge in [-0.2, -0.15) is 12.7 Å². The summed E-state index contributed by atoms with van der Waals surface area (Å²) in [5, 5.41) is 3.04. The van der Waals surface area contributed by atoms with Crippen LogP contribution in [0.4, 0.5) is 4.79 Å². The lowest BCUT2D eigenvalue weighted by Gasteiger charge is -2.32. The Morgan fingerprint density at radius 3 is 2.70 bits per heavy atom. The zero-order valence-corrected chi connectivity index (χ0v) is 12.1. The van der Waals surface area contributed by atoms with Gasteiger partial charge in [-0.15, -0.1) is 0 Å².